The van der Waals surface area contributed by atoms with Gasteiger partial charge in [0.15, 0.2) is 0 Å². The van der Waals surface area contributed by atoms with E-state index in [1.807, 2.05) is 36.4 Å². The smallest absolute Gasteiger partial charge is 0.214 e. The first-order valence-corrected chi connectivity index (χ1v) is 12.3. The third-order valence-electron chi connectivity index (χ3n) is 6.31. The maximum absolute atomic E-state index is 12.8. The number of H-pyrrole nitrogens is 1. The van der Waals surface area contributed by atoms with E-state index in [0.717, 1.165) is 29.7 Å². The molecule has 1 saturated heterocycles. The molecule has 0 amide bonds. The Morgan fingerprint density at radius 2 is 1.80 bits per heavy atom. The van der Waals surface area contributed by atoms with Crippen LogP contribution in [-0.4, -0.2) is 55.5 Å². The first-order chi connectivity index (χ1) is 14.4. The number of piperidine rings is 1. The van der Waals surface area contributed by atoms with Crippen molar-refractivity contribution in [1.82, 2.24) is 14.2 Å². The summed E-state index contributed by atoms with van der Waals surface area (Å²) in [4.78, 5) is 5.78. The highest BCUT2D eigenvalue weighted by molar-refractivity contribution is 7.89. The van der Waals surface area contributed by atoms with Crippen molar-refractivity contribution in [2.75, 3.05) is 32.9 Å². The van der Waals surface area contributed by atoms with Gasteiger partial charge in [-0.15, -0.1) is 0 Å². The third kappa shape index (κ3) is 4.77. The van der Waals surface area contributed by atoms with Gasteiger partial charge in [-0.05, 0) is 74.1 Å². The molecule has 6 heteroatoms. The minimum absolute atomic E-state index is 0.121. The third-order valence-corrected chi connectivity index (χ3v) is 8.11. The molecule has 0 atom stereocenters. The van der Waals surface area contributed by atoms with Crippen molar-refractivity contribution in [2.24, 2.45) is 0 Å². The molecule has 30 heavy (non-hydrogen) atoms. The summed E-state index contributed by atoms with van der Waals surface area (Å²) in [6, 6.07) is 16.0. The number of hydrogen-bond acceptors (Lipinski definition) is 3. The lowest BCUT2D eigenvalue weighted by atomic mass is 9.89. The van der Waals surface area contributed by atoms with Crippen molar-refractivity contribution < 1.29 is 8.42 Å². The summed E-state index contributed by atoms with van der Waals surface area (Å²) in [6.45, 7) is 2.66. The van der Waals surface area contributed by atoms with E-state index in [4.69, 9.17) is 0 Å². The molecule has 160 valence electrons. The van der Waals surface area contributed by atoms with E-state index in [2.05, 4.69) is 35.3 Å². The van der Waals surface area contributed by atoms with E-state index in [0.29, 0.717) is 18.9 Å². The second-order valence-corrected chi connectivity index (χ2v) is 10.7. The van der Waals surface area contributed by atoms with E-state index in [1.165, 1.54) is 28.1 Å². The van der Waals surface area contributed by atoms with Gasteiger partial charge in [0.2, 0.25) is 10.0 Å². The molecule has 5 nitrogen and oxygen atoms in total. The molecule has 1 aromatic heterocycles. The average molecular weight is 426 g/mol. The highest BCUT2D eigenvalue weighted by atomic mass is 32.2. The van der Waals surface area contributed by atoms with Gasteiger partial charge in [-0.2, -0.15) is 0 Å². The summed E-state index contributed by atoms with van der Waals surface area (Å²) < 4.78 is 27.0. The molecule has 1 N–H and O–H groups in total. The van der Waals surface area contributed by atoms with Gasteiger partial charge in [0.1, 0.15) is 0 Å². The Labute approximate surface area is 179 Å². The number of aryl methyl sites for hydroxylation is 1. The fraction of sp³-hybridized carbons (Fsp3) is 0.417. The van der Waals surface area contributed by atoms with E-state index in [1.54, 1.807) is 7.05 Å². The van der Waals surface area contributed by atoms with Crippen molar-refractivity contribution in [3.63, 3.8) is 0 Å². The molecule has 1 fully saturated rings. The number of likely N-dealkylation sites (tertiary alicyclic amines) is 1. The SMILES string of the molecule is CN1CCC(c2c[nH]c3ccc(CCS(=O)(=O)N(C)Cc4ccccc4)cc23)CC1. The molecule has 0 unspecified atom stereocenters. The highest BCUT2D eigenvalue weighted by Gasteiger charge is 2.22. The van der Waals surface area contributed by atoms with Gasteiger partial charge in [-0.3, -0.25) is 0 Å². The molecule has 0 aliphatic carbocycles. The number of rotatable bonds is 7. The normalized spacial score (nSPS) is 16.5. The Bertz CT molecular complexity index is 1080. The lowest BCUT2D eigenvalue weighted by molar-refractivity contribution is 0.256. The Morgan fingerprint density at radius 1 is 1.07 bits per heavy atom. The van der Waals surface area contributed by atoms with Crippen molar-refractivity contribution in [1.29, 1.82) is 0 Å². The number of aromatic nitrogens is 1. The molecular weight excluding hydrogens is 394 g/mol. The first-order valence-electron chi connectivity index (χ1n) is 10.7. The number of aromatic amines is 1. The van der Waals surface area contributed by atoms with Crippen molar-refractivity contribution >= 4 is 20.9 Å². The zero-order valence-corrected chi connectivity index (χ0v) is 18.7. The Hall–Kier alpha value is -2.15. The van der Waals surface area contributed by atoms with Crippen LogP contribution in [0.1, 0.15) is 35.4 Å². The fourth-order valence-electron chi connectivity index (χ4n) is 4.34. The van der Waals surface area contributed by atoms with Crippen LogP contribution in [0.25, 0.3) is 10.9 Å². The minimum Gasteiger partial charge on any atom is -0.361 e. The summed E-state index contributed by atoms with van der Waals surface area (Å²) >= 11 is 0. The minimum atomic E-state index is -3.31. The maximum Gasteiger partial charge on any atom is 0.214 e. The number of sulfonamides is 1. The van der Waals surface area contributed by atoms with Gasteiger partial charge in [0.05, 0.1) is 5.75 Å². The van der Waals surface area contributed by atoms with Gasteiger partial charge in [0.25, 0.3) is 0 Å². The highest BCUT2D eigenvalue weighted by Crippen LogP contribution is 2.33. The summed E-state index contributed by atoms with van der Waals surface area (Å²) in [6.07, 6.45) is 5.02. The van der Waals surface area contributed by atoms with Gasteiger partial charge in [-0.25, -0.2) is 12.7 Å². The van der Waals surface area contributed by atoms with E-state index in [-0.39, 0.29) is 5.75 Å². The van der Waals surface area contributed by atoms with Crippen LogP contribution in [0.4, 0.5) is 0 Å². The predicted octanol–water partition coefficient (Wildman–Crippen LogP) is 3.98. The van der Waals surface area contributed by atoms with Gasteiger partial charge < -0.3 is 9.88 Å². The molecule has 0 bridgehead atoms. The molecular formula is C24H31N3O2S. The van der Waals surface area contributed by atoms with Crippen LogP contribution in [-0.2, 0) is 23.0 Å². The van der Waals surface area contributed by atoms with Crippen LogP contribution in [0.15, 0.2) is 54.7 Å². The number of hydrogen-bond donors (Lipinski definition) is 1. The molecule has 4 rings (SSSR count). The quantitative estimate of drug-likeness (QED) is 0.623. The standard InChI is InChI=1S/C24H31N3O2S/c1-26-13-10-21(11-14-26)23-17-25-24-9-8-19(16-22(23)24)12-15-30(28,29)27(2)18-20-6-4-3-5-7-20/h3-9,16-17,21,25H,10-15,18H2,1-2H3. The van der Waals surface area contributed by atoms with Gasteiger partial charge >= 0.3 is 0 Å². The lowest BCUT2D eigenvalue weighted by Gasteiger charge is -2.28. The molecule has 2 aromatic carbocycles. The summed E-state index contributed by atoms with van der Waals surface area (Å²) in [7, 11) is 0.529. The lowest BCUT2D eigenvalue weighted by Crippen LogP contribution is -2.29. The van der Waals surface area contributed by atoms with Crippen molar-refractivity contribution in [3.8, 4) is 0 Å². The van der Waals surface area contributed by atoms with Crippen molar-refractivity contribution in [2.45, 2.75) is 31.7 Å². The number of fused-ring (bicyclic) bond motifs is 1. The predicted molar refractivity (Wildman–Crippen MR) is 123 cm³/mol. The summed E-state index contributed by atoms with van der Waals surface area (Å²) in [5.41, 5.74) is 4.59. The van der Waals surface area contributed by atoms with Crippen LogP contribution in [0.5, 0.6) is 0 Å². The van der Waals surface area contributed by atoms with E-state index < -0.39 is 10.0 Å². The molecule has 0 radical (unpaired) electrons. The Balaban J connectivity index is 1.45. The largest absolute Gasteiger partial charge is 0.361 e. The monoisotopic (exact) mass is 425 g/mol. The second-order valence-electron chi connectivity index (χ2n) is 8.51. The second kappa shape index (κ2) is 8.92. The topological polar surface area (TPSA) is 56.4 Å². The first kappa shape index (κ1) is 21.1. The van der Waals surface area contributed by atoms with Crippen LogP contribution in [0, 0.1) is 0 Å². The number of nitrogens with one attached hydrogen (secondary N) is 1. The molecule has 0 saturated carbocycles. The fourth-order valence-corrected chi connectivity index (χ4v) is 5.49. The van der Waals surface area contributed by atoms with Crippen molar-refractivity contribution in [3.05, 3.63) is 71.4 Å². The van der Waals surface area contributed by atoms with Crippen LogP contribution < -0.4 is 0 Å². The molecule has 1 aliphatic rings. The average Bonchev–Trinajstić information content (AvgIpc) is 3.17. The number of nitrogens with zero attached hydrogens (tertiary/aromatic N) is 2. The van der Waals surface area contributed by atoms with Gasteiger partial charge in [0, 0.05) is 30.7 Å². The zero-order chi connectivity index (χ0) is 21.1. The molecule has 1 aliphatic heterocycles. The van der Waals surface area contributed by atoms with Crippen LogP contribution in [0.2, 0.25) is 0 Å². The maximum atomic E-state index is 12.8. The zero-order valence-electron chi connectivity index (χ0n) is 17.8. The van der Waals surface area contributed by atoms with E-state index in [9.17, 15) is 8.42 Å². The van der Waals surface area contributed by atoms with Gasteiger partial charge in [-0.1, -0.05) is 36.4 Å². The van der Waals surface area contributed by atoms with Crippen LogP contribution >= 0.6 is 0 Å². The number of benzene rings is 2. The molecule has 0 spiro atoms. The molecule has 2 heterocycles. The summed E-state index contributed by atoms with van der Waals surface area (Å²) in [5, 5.41) is 1.25. The molecule has 3 aromatic rings. The van der Waals surface area contributed by atoms with Crippen LogP contribution in [0.3, 0.4) is 0 Å². The Kier molecular flexibility index (Phi) is 6.27. The van der Waals surface area contributed by atoms with E-state index >= 15 is 0 Å². The Morgan fingerprint density at radius 3 is 2.53 bits per heavy atom. The summed E-state index contributed by atoms with van der Waals surface area (Å²) in [5.74, 6) is 0.696.